The number of Topliss-reactive ketones (excluding diaryl/α,β-unsaturated/α-hetero) is 1. The molecule has 3 aliphatic heterocycles. The molecule has 2 fully saturated rings. The average molecular weight is 361 g/mol. The summed E-state index contributed by atoms with van der Waals surface area (Å²) in [5.74, 6) is -1.39. The molecule has 1 unspecified atom stereocenters. The molecule has 3 aliphatic rings. The predicted molar refractivity (Wildman–Crippen MR) is 91.3 cm³/mol. The van der Waals surface area contributed by atoms with E-state index in [1.165, 1.54) is 0 Å². The van der Waals surface area contributed by atoms with E-state index in [9.17, 15) is 14.4 Å². The summed E-state index contributed by atoms with van der Waals surface area (Å²) in [5, 5.41) is 14.7. The van der Waals surface area contributed by atoms with Crippen molar-refractivity contribution in [3.05, 3.63) is 29.3 Å². The highest BCUT2D eigenvalue weighted by Gasteiger charge is 2.59. The topological polar surface area (TPSA) is 102 Å². The molecule has 1 spiro atoms. The molecule has 2 atom stereocenters. The Morgan fingerprint density at radius 2 is 2.08 bits per heavy atom. The summed E-state index contributed by atoms with van der Waals surface area (Å²) >= 11 is 0. The lowest BCUT2D eigenvalue weighted by atomic mass is 9.65. The van der Waals surface area contributed by atoms with Crippen LogP contribution in [0, 0.1) is 16.7 Å². The lowest BCUT2D eigenvalue weighted by Gasteiger charge is -2.52. The Bertz CT molecular complexity index is 797. The first-order chi connectivity index (χ1) is 11.6. The number of imide groups is 1. The molecular weight excluding hydrogens is 344 g/mol. The van der Waals surface area contributed by atoms with Gasteiger partial charge in [-0.2, -0.15) is 5.26 Å². The summed E-state index contributed by atoms with van der Waals surface area (Å²) in [6.45, 7) is 1.92. The van der Waals surface area contributed by atoms with Crippen molar-refractivity contribution in [2.24, 2.45) is 5.41 Å². The van der Waals surface area contributed by atoms with Crippen molar-refractivity contribution in [3.8, 4) is 6.07 Å². The summed E-state index contributed by atoms with van der Waals surface area (Å²) in [5.41, 5.74) is 0.994. The largest absolute Gasteiger partial charge is 0.364 e. The summed E-state index contributed by atoms with van der Waals surface area (Å²) < 4.78 is 0. The Hall–Kier alpha value is -2.43. The number of nitrogens with zero attached hydrogens (tertiary/aromatic N) is 2. The zero-order chi connectivity index (χ0) is 16.9. The standard InChI is InChI=1S/C17H16N4O3.ClH/c18-8-10-1-2-12-11(5-10)7-17(13-9-19-3-4-21(12)13)14(22)6-15(23)20-16(17)24;/h1-2,5,13,19H,3-4,6-7,9H2,(H,20,23,24);1H/t13?,17-;/m0./s1. The average Bonchev–Trinajstić information content (AvgIpc) is 2.58. The number of nitrogens with one attached hydrogen (secondary N) is 2. The summed E-state index contributed by atoms with van der Waals surface area (Å²) in [4.78, 5) is 39.2. The second-order valence-electron chi connectivity index (χ2n) is 6.49. The molecule has 2 N–H and O–H groups in total. The number of carbonyl (C=O) groups is 3. The van der Waals surface area contributed by atoms with Gasteiger partial charge in [-0.25, -0.2) is 0 Å². The molecule has 130 valence electrons. The van der Waals surface area contributed by atoms with Crippen molar-refractivity contribution in [2.45, 2.75) is 18.9 Å². The SMILES string of the molecule is Cl.N#Cc1ccc2c(c1)C[C@@]1(C(=O)CC(=O)NC1=O)C1CNCCN21. The monoisotopic (exact) mass is 360 g/mol. The fourth-order valence-electron chi connectivity index (χ4n) is 4.16. The number of rotatable bonds is 0. The Labute approximate surface area is 150 Å². The van der Waals surface area contributed by atoms with Crippen molar-refractivity contribution < 1.29 is 14.4 Å². The number of hydrogen-bond donors (Lipinski definition) is 2. The summed E-state index contributed by atoms with van der Waals surface area (Å²) in [7, 11) is 0. The highest BCUT2D eigenvalue weighted by atomic mass is 35.5. The van der Waals surface area contributed by atoms with E-state index in [1.807, 2.05) is 6.07 Å². The number of halogens is 1. The van der Waals surface area contributed by atoms with Gasteiger partial charge in [0, 0.05) is 25.3 Å². The third-order valence-electron chi connectivity index (χ3n) is 5.28. The van der Waals surface area contributed by atoms with Crippen LogP contribution in [-0.4, -0.2) is 43.3 Å². The normalized spacial score (nSPS) is 27.7. The van der Waals surface area contributed by atoms with Crippen LogP contribution in [0.5, 0.6) is 0 Å². The van der Waals surface area contributed by atoms with E-state index >= 15 is 0 Å². The lowest BCUT2D eigenvalue weighted by molar-refractivity contribution is -0.152. The predicted octanol–water partition coefficient (Wildman–Crippen LogP) is -0.0836. The van der Waals surface area contributed by atoms with Crippen molar-refractivity contribution in [2.75, 3.05) is 24.5 Å². The van der Waals surface area contributed by atoms with Crippen molar-refractivity contribution in [1.82, 2.24) is 10.6 Å². The van der Waals surface area contributed by atoms with Crippen LogP contribution in [0.3, 0.4) is 0 Å². The van der Waals surface area contributed by atoms with Gasteiger partial charge in [0.2, 0.25) is 11.8 Å². The van der Waals surface area contributed by atoms with Crippen LogP contribution >= 0.6 is 12.4 Å². The van der Waals surface area contributed by atoms with Gasteiger partial charge in [0.05, 0.1) is 24.1 Å². The molecule has 8 heteroatoms. The molecule has 7 nitrogen and oxygen atoms in total. The van der Waals surface area contributed by atoms with E-state index in [0.717, 1.165) is 17.8 Å². The second-order valence-corrected chi connectivity index (χ2v) is 6.49. The van der Waals surface area contributed by atoms with Crippen LogP contribution in [0.4, 0.5) is 5.69 Å². The molecular formula is C17H17ClN4O3. The Morgan fingerprint density at radius 1 is 1.28 bits per heavy atom. The molecule has 25 heavy (non-hydrogen) atoms. The van der Waals surface area contributed by atoms with Gasteiger partial charge in [0.15, 0.2) is 5.78 Å². The van der Waals surface area contributed by atoms with Crippen LogP contribution in [0.2, 0.25) is 0 Å². The number of piperazine rings is 1. The van der Waals surface area contributed by atoms with Crippen molar-refractivity contribution in [3.63, 3.8) is 0 Å². The third kappa shape index (κ3) is 2.41. The van der Waals surface area contributed by atoms with Gasteiger partial charge in [0.1, 0.15) is 5.41 Å². The maximum Gasteiger partial charge on any atom is 0.242 e. The quantitative estimate of drug-likeness (QED) is 0.495. The first-order valence-electron chi connectivity index (χ1n) is 7.94. The minimum atomic E-state index is -1.28. The maximum atomic E-state index is 12.8. The number of fused-ring (bicyclic) bond motifs is 4. The first kappa shape index (κ1) is 17.4. The fourth-order valence-corrected chi connectivity index (χ4v) is 4.16. The number of hydrogen-bond acceptors (Lipinski definition) is 6. The summed E-state index contributed by atoms with van der Waals surface area (Å²) in [6.07, 6.45) is -0.0536. The molecule has 0 saturated carbocycles. The molecule has 1 aromatic rings. The van der Waals surface area contributed by atoms with Crippen LogP contribution in [0.25, 0.3) is 0 Å². The minimum Gasteiger partial charge on any atom is -0.364 e. The van der Waals surface area contributed by atoms with Crippen LogP contribution in [0.15, 0.2) is 18.2 Å². The van der Waals surface area contributed by atoms with Crippen LogP contribution in [-0.2, 0) is 20.8 Å². The molecule has 4 rings (SSSR count). The van der Waals surface area contributed by atoms with Gasteiger partial charge in [-0.15, -0.1) is 12.4 Å². The van der Waals surface area contributed by atoms with Crippen LogP contribution < -0.4 is 15.5 Å². The molecule has 1 aromatic carbocycles. The van der Waals surface area contributed by atoms with E-state index in [2.05, 4.69) is 21.6 Å². The number of anilines is 1. The highest BCUT2D eigenvalue weighted by Crippen LogP contribution is 2.44. The van der Waals surface area contributed by atoms with Gasteiger partial charge >= 0.3 is 0 Å². The van der Waals surface area contributed by atoms with E-state index in [4.69, 9.17) is 5.26 Å². The van der Waals surface area contributed by atoms with E-state index in [0.29, 0.717) is 18.7 Å². The summed E-state index contributed by atoms with van der Waals surface area (Å²) in [6, 6.07) is 7.15. The van der Waals surface area contributed by atoms with E-state index < -0.39 is 17.2 Å². The zero-order valence-corrected chi connectivity index (χ0v) is 14.2. The number of amides is 2. The number of nitriles is 1. The van der Waals surface area contributed by atoms with Gasteiger partial charge < -0.3 is 10.2 Å². The smallest absolute Gasteiger partial charge is 0.242 e. The molecule has 0 bridgehead atoms. The zero-order valence-electron chi connectivity index (χ0n) is 13.4. The van der Waals surface area contributed by atoms with Crippen molar-refractivity contribution in [1.29, 1.82) is 5.26 Å². The van der Waals surface area contributed by atoms with E-state index in [-0.39, 0.29) is 37.1 Å². The van der Waals surface area contributed by atoms with E-state index in [1.54, 1.807) is 12.1 Å². The number of ketones is 1. The van der Waals surface area contributed by atoms with Crippen molar-refractivity contribution >= 4 is 35.7 Å². The number of piperidine rings is 1. The minimum absolute atomic E-state index is 0. The Morgan fingerprint density at radius 3 is 2.80 bits per heavy atom. The molecule has 2 amide bonds. The molecule has 0 radical (unpaired) electrons. The number of carbonyl (C=O) groups excluding carboxylic acids is 3. The number of benzene rings is 1. The van der Waals surface area contributed by atoms with Gasteiger partial charge in [-0.05, 0) is 30.2 Å². The molecule has 0 aliphatic carbocycles. The second kappa shape index (κ2) is 6.14. The third-order valence-corrected chi connectivity index (χ3v) is 5.28. The maximum absolute atomic E-state index is 12.8. The van der Waals surface area contributed by atoms with Crippen LogP contribution in [0.1, 0.15) is 17.5 Å². The van der Waals surface area contributed by atoms with Gasteiger partial charge in [-0.1, -0.05) is 0 Å². The molecule has 2 saturated heterocycles. The first-order valence-corrected chi connectivity index (χ1v) is 7.94. The lowest BCUT2D eigenvalue weighted by Crippen LogP contribution is -2.71. The van der Waals surface area contributed by atoms with Gasteiger partial charge in [-0.3, -0.25) is 19.7 Å². The highest BCUT2D eigenvalue weighted by molar-refractivity contribution is 6.22. The fraction of sp³-hybridized carbons (Fsp3) is 0.412. The molecule has 0 aromatic heterocycles. The Kier molecular flexibility index (Phi) is 4.27. The molecule has 3 heterocycles. The Balaban J connectivity index is 0.00000182. The van der Waals surface area contributed by atoms with Gasteiger partial charge in [0.25, 0.3) is 0 Å².